The summed E-state index contributed by atoms with van der Waals surface area (Å²) >= 11 is 7.34. The molecule has 0 saturated heterocycles. The molecule has 1 amide bonds. The third-order valence-electron chi connectivity index (χ3n) is 3.11. The third-order valence-corrected chi connectivity index (χ3v) is 4.65. The van der Waals surface area contributed by atoms with Crippen LogP contribution < -0.4 is 11.2 Å². The number of nitrogens with one attached hydrogen (secondary N) is 1. The summed E-state index contributed by atoms with van der Waals surface area (Å²) < 4.78 is 22.2. The molecule has 2 aromatic rings. The lowest BCUT2D eigenvalue weighted by Crippen LogP contribution is -2.29. The average Bonchev–Trinajstić information content (AvgIpc) is 2.45. The largest absolute Gasteiger partial charge is 0.365 e. The Kier molecular flexibility index (Phi) is 5.74. The number of pyridine rings is 1. The maximum atomic E-state index is 11.4. The number of carbonyl (C=O) groups excluding carboxylic acids is 1. The van der Waals surface area contributed by atoms with E-state index in [2.05, 4.69) is 15.9 Å². The van der Waals surface area contributed by atoms with Gasteiger partial charge in [-0.3, -0.25) is 10.2 Å². The highest BCUT2D eigenvalue weighted by molar-refractivity contribution is 9.10. The van der Waals surface area contributed by atoms with Gasteiger partial charge in [0.25, 0.3) is 5.91 Å². The number of rotatable bonds is 5. The Morgan fingerprint density at radius 3 is 2.74 bits per heavy atom. The molecule has 0 radical (unpaired) electrons. The number of halogens is 2. The van der Waals surface area contributed by atoms with Crippen molar-refractivity contribution >= 4 is 44.5 Å². The van der Waals surface area contributed by atoms with Crippen molar-refractivity contribution in [3.05, 3.63) is 62.1 Å². The fourth-order valence-electron chi connectivity index (χ4n) is 2.09. The molecule has 1 aromatic carbocycles. The smallest absolute Gasteiger partial charge is 0.252 e. The molecule has 0 saturated carbocycles. The van der Waals surface area contributed by atoms with Crippen molar-refractivity contribution in [3.63, 3.8) is 0 Å². The summed E-state index contributed by atoms with van der Waals surface area (Å²) in [5.41, 5.74) is 6.70. The number of nitrogens with zero attached hydrogens (tertiary/aromatic N) is 1. The summed E-state index contributed by atoms with van der Waals surface area (Å²) in [5, 5.41) is 8.33. The lowest BCUT2D eigenvalue weighted by Gasteiger charge is -2.12. The van der Waals surface area contributed by atoms with Gasteiger partial charge in [0.15, 0.2) is 11.1 Å². The molecule has 0 fully saturated rings. The van der Waals surface area contributed by atoms with E-state index < -0.39 is 17.0 Å². The van der Waals surface area contributed by atoms with E-state index in [9.17, 15) is 9.00 Å². The van der Waals surface area contributed by atoms with Crippen molar-refractivity contribution in [1.82, 2.24) is 4.57 Å². The molecule has 1 heterocycles. The predicted molar refractivity (Wildman–Crippen MR) is 91.5 cm³/mol. The van der Waals surface area contributed by atoms with Crippen LogP contribution in [0, 0.1) is 5.41 Å². The number of hydrogen-bond donors (Lipinski definition) is 3. The van der Waals surface area contributed by atoms with Crippen LogP contribution in [0.5, 0.6) is 0 Å². The molecule has 9 heteroatoms. The van der Waals surface area contributed by atoms with Gasteiger partial charge in [-0.15, -0.1) is 0 Å². The summed E-state index contributed by atoms with van der Waals surface area (Å²) in [6.07, 6.45) is 1.53. The van der Waals surface area contributed by atoms with Crippen LogP contribution in [0.15, 0.2) is 34.9 Å². The van der Waals surface area contributed by atoms with Crippen molar-refractivity contribution in [2.45, 2.75) is 12.3 Å². The van der Waals surface area contributed by atoms with Gasteiger partial charge >= 0.3 is 0 Å². The van der Waals surface area contributed by atoms with Crippen molar-refractivity contribution in [1.29, 1.82) is 5.41 Å². The zero-order chi connectivity index (χ0) is 17.1. The van der Waals surface area contributed by atoms with Crippen molar-refractivity contribution in [2.24, 2.45) is 5.73 Å². The van der Waals surface area contributed by atoms with E-state index in [1.807, 2.05) is 6.07 Å². The topological polar surface area (TPSA) is 109 Å². The highest BCUT2D eigenvalue weighted by Crippen LogP contribution is 2.20. The molecule has 1 unspecified atom stereocenters. The van der Waals surface area contributed by atoms with Gasteiger partial charge in [0.05, 0.1) is 16.3 Å². The van der Waals surface area contributed by atoms with Crippen molar-refractivity contribution < 1.29 is 13.6 Å². The Morgan fingerprint density at radius 1 is 1.43 bits per heavy atom. The van der Waals surface area contributed by atoms with E-state index in [1.165, 1.54) is 16.8 Å². The molecule has 1 aromatic heterocycles. The fourth-order valence-corrected chi connectivity index (χ4v) is 3.40. The summed E-state index contributed by atoms with van der Waals surface area (Å²) in [6.45, 7) is 0.276. The van der Waals surface area contributed by atoms with Crippen molar-refractivity contribution in [2.75, 3.05) is 0 Å². The minimum absolute atomic E-state index is 0.00506. The monoisotopic (exact) mass is 417 g/mol. The second-order valence-corrected chi connectivity index (χ2v) is 7.03. The molecule has 23 heavy (non-hydrogen) atoms. The maximum absolute atomic E-state index is 11.4. The standard InChI is InChI=1S/C14H13BrClN3O3S/c15-12-2-1-8(3-9(12)7-23(21)22)5-19-6-10(16)4-11(13(19)17)14(18)20/h1-4,6,17H,5,7H2,(H2,18,20)(H,21,22). The highest BCUT2D eigenvalue weighted by Gasteiger charge is 2.10. The molecule has 6 nitrogen and oxygen atoms in total. The number of amides is 1. The first-order valence-corrected chi connectivity index (χ1v) is 8.81. The minimum atomic E-state index is -1.96. The van der Waals surface area contributed by atoms with Gasteiger partial charge < -0.3 is 14.9 Å². The van der Waals surface area contributed by atoms with Crippen LogP contribution in [0.25, 0.3) is 0 Å². The van der Waals surface area contributed by atoms with Gasteiger partial charge in [-0.25, -0.2) is 4.21 Å². The van der Waals surface area contributed by atoms with Crippen LogP contribution in [-0.4, -0.2) is 19.2 Å². The molecular formula is C14H13BrClN3O3S. The lowest BCUT2D eigenvalue weighted by atomic mass is 10.1. The Balaban J connectivity index is 2.42. The quantitative estimate of drug-likeness (QED) is 0.648. The minimum Gasteiger partial charge on any atom is -0.365 e. The van der Waals surface area contributed by atoms with E-state index >= 15 is 0 Å². The summed E-state index contributed by atoms with van der Waals surface area (Å²) in [4.78, 5) is 11.4. The van der Waals surface area contributed by atoms with Crippen molar-refractivity contribution in [3.8, 4) is 0 Å². The van der Waals surface area contributed by atoms with Gasteiger partial charge in [0.2, 0.25) is 0 Å². The summed E-state index contributed by atoms with van der Waals surface area (Å²) in [7, 11) is 0. The van der Waals surface area contributed by atoms with Gasteiger partial charge in [0.1, 0.15) is 5.49 Å². The van der Waals surface area contributed by atoms with Gasteiger partial charge in [-0.05, 0) is 23.3 Å². The molecule has 1 atom stereocenters. The molecule has 0 spiro atoms. The predicted octanol–water partition coefficient (Wildman–Crippen LogP) is 2.25. The van der Waals surface area contributed by atoms with Crippen LogP contribution in [-0.2, 0) is 23.4 Å². The summed E-state index contributed by atoms with van der Waals surface area (Å²) in [6, 6.07) is 6.69. The Labute approximate surface area is 148 Å². The van der Waals surface area contributed by atoms with Crippen LogP contribution in [0.3, 0.4) is 0 Å². The maximum Gasteiger partial charge on any atom is 0.252 e. The number of nitrogens with two attached hydrogens (primary N) is 1. The molecule has 122 valence electrons. The third kappa shape index (κ3) is 4.51. The van der Waals surface area contributed by atoms with Gasteiger partial charge in [-0.2, -0.15) is 0 Å². The molecule has 0 aliphatic rings. The number of hydrogen-bond acceptors (Lipinski definition) is 3. The van der Waals surface area contributed by atoms with E-state index in [4.69, 9.17) is 27.3 Å². The molecule has 0 bridgehead atoms. The van der Waals surface area contributed by atoms with Crippen LogP contribution >= 0.6 is 27.5 Å². The fraction of sp³-hybridized carbons (Fsp3) is 0.143. The normalized spacial score (nSPS) is 12.1. The Morgan fingerprint density at radius 2 is 2.13 bits per heavy atom. The average molecular weight is 419 g/mol. The molecule has 0 aliphatic carbocycles. The highest BCUT2D eigenvalue weighted by atomic mass is 79.9. The number of benzene rings is 1. The lowest BCUT2D eigenvalue weighted by molar-refractivity contribution is 0.0997. The SMILES string of the molecule is N=c1c(C(N)=O)cc(Cl)cn1Cc1ccc(Br)c(CS(=O)O)c1. The molecular weight excluding hydrogens is 406 g/mol. The first kappa shape index (κ1) is 17.9. The Hall–Kier alpha value is -1.48. The summed E-state index contributed by atoms with van der Waals surface area (Å²) in [5.74, 6) is -0.729. The number of aromatic nitrogens is 1. The first-order chi connectivity index (χ1) is 10.8. The van der Waals surface area contributed by atoms with Crippen LogP contribution in [0.2, 0.25) is 5.02 Å². The van der Waals surface area contributed by atoms with E-state index in [0.717, 1.165) is 10.0 Å². The Bertz CT molecular complexity index is 854. The van der Waals surface area contributed by atoms with Gasteiger partial charge in [0, 0.05) is 17.2 Å². The first-order valence-electron chi connectivity index (χ1n) is 6.37. The number of primary amides is 1. The second-order valence-electron chi connectivity index (χ2n) is 4.80. The number of carbonyl (C=O) groups is 1. The van der Waals surface area contributed by atoms with E-state index in [0.29, 0.717) is 10.6 Å². The van der Waals surface area contributed by atoms with Crippen LogP contribution in [0.1, 0.15) is 21.5 Å². The van der Waals surface area contributed by atoms with E-state index in [1.54, 1.807) is 12.1 Å². The molecule has 4 N–H and O–H groups in total. The zero-order valence-corrected chi connectivity index (χ0v) is 14.9. The van der Waals surface area contributed by atoms with E-state index in [-0.39, 0.29) is 23.3 Å². The van der Waals surface area contributed by atoms with Crippen LogP contribution in [0.4, 0.5) is 0 Å². The molecule has 0 aliphatic heterocycles. The zero-order valence-electron chi connectivity index (χ0n) is 11.8. The second kappa shape index (κ2) is 7.39. The van der Waals surface area contributed by atoms with Gasteiger partial charge in [-0.1, -0.05) is 39.7 Å². The molecule has 2 rings (SSSR count).